The van der Waals surface area contributed by atoms with Gasteiger partial charge < -0.3 is 14.3 Å². The molecule has 1 saturated heterocycles. The molecule has 10 nitrogen and oxygen atoms in total. The highest BCUT2D eigenvalue weighted by Gasteiger charge is 2.16. The van der Waals surface area contributed by atoms with Crippen molar-refractivity contribution in [3.63, 3.8) is 0 Å². The molecule has 38 heavy (non-hydrogen) atoms. The first-order valence-electron chi connectivity index (χ1n) is 12.8. The van der Waals surface area contributed by atoms with Crippen LogP contribution in [0.2, 0.25) is 0 Å². The lowest BCUT2D eigenvalue weighted by Crippen LogP contribution is -2.25. The van der Waals surface area contributed by atoms with Gasteiger partial charge in [0.2, 0.25) is 0 Å². The van der Waals surface area contributed by atoms with E-state index in [1.54, 1.807) is 12.5 Å². The molecule has 1 fully saturated rings. The first kappa shape index (κ1) is 22.6. The average molecular weight is 506 g/mol. The van der Waals surface area contributed by atoms with Crippen LogP contribution in [0.4, 0.5) is 0 Å². The number of fused-ring (bicyclic) bond motifs is 2. The molecule has 1 aliphatic rings. The van der Waals surface area contributed by atoms with Crippen LogP contribution < -0.4 is 4.74 Å². The maximum atomic E-state index is 6.01. The maximum Gasteiger partial charge on any atom is 0.138 e. The molecule has 0 unspecified atom stereocenters. The lowest BCUT2D eigenvalue weighted by Gasteiger charge is -2.15. The number of likely N-dealkylation sites (tertiary alicyclic amines) is 1. The van der Waals surface area contributed by atoms with Gasteiger partial charge in [0.05, 0.1) is 64.9 Å². The van der Waals surface area contributed by atoms with Gasteiger partial charge in [-0.25, -0.2) is 4.98 Å². The molecule has 0 radical (unpaired) electrons. The summed E-state index contributed by atoms with van der Waals surface area (Å²) in [4.78, 5) is 23.8. The normalized spacial score (nSPS) is 14.1. The lowest BCUT2D eigenvalue weighted by molar-refractivity contribution is 0.237. The summed E-state index contributed by atoms with van der Waals surface area (Å²) < 4.78 is 8.00. The van der Waals surface area contributed by atoms with Gasteiger partial charge in [0.1, 0.15) is 18.1 Å². The van der Waals surface area contributed by atoms with Crippen molar-refractivity contribution in [2.24, 2.45) is 0 Å². The number of rotatable bonds is 7. The number of hydrogen-bond acceptors (Lipinski definition) is 7. The van der Waals surface area contributed by atoms with Gasteiger partial charge in [0.25, 0.3) is 0 Å². The summed E-state index contributed by atoms with van der Waals surface area (Å²) in [6.07, 6.45) is 15.4. The Balaban J connectivity index is 1.20. The van der Waals surface area contributed by atoms with E-state index in [1.807, 2.05) is 54.6 Å². The molecular formula is C28H27N9O. The number of ether oxygens (including phenoxy) is 1. The molecule has 0 atom stereocenters. The van der Waals surface area contributed by atoms with Crippen molar-refractivity contribution in [3.05, 3.63) is 67.4 Å². The van der Waals surface area contributed by atoms with Crippen molar-refractivity contribution < 1.29 is 4.74 Å². The van der Waals surface area contributed by atoms with Gasteiger partial charge in [-0.2, -0.15) is 5.10 Å². The molecule has 190 valence electrons. The third-order valence-electron chi connectivity index (χ3n) is 7.10. The maximum absolute atomic E-state index is 6.01. The first-order valence-corrected chi connectivity index (χ1v) is 12.8. The van der Waals surface area contributed by atoms with Gasteiger partial charge in [-0.3, -0.25) is 25.0 Å². The van der Waals surface area contributed by atoms with Crippen molar-refractivity contribution in [1.82, 2.24) is 44.6 Å². The fourth-order valence-electron chi connectivity index (χ4n) is 5.14. The zero-order chi connectivity index (χ0) is 25.5. The number of imidazole rings is 1. The minimum atomic E-state index is 0.652. The van der Waals surface area contributed by atoms with Crippen molar-refractivity contribution in [2.75, 3.05) is 26.2 Å². The molecule has 0 aromatic carbocycles. The Morgan fingerprint density at radius 2 is 1.82 bits per heavy atom. The van der Waals surface area contributed by atoms with Crippen LogP contribution in [0.3, 0.4) is 0 Å². The van der Waals surface area contributed by atoms with Gasteiger partial charge in [0.15, 0.2) is 0 Å². The standard InChI is InChI=1S/C28H27N9O/c1-18-16-37(17-32-18)27-15-30-13-25-21(27)9-24(33-25)28-22-10-23(31-14-26(22)34-35-28)19-8-20(12-29-11-19)38-7-6-36-4-2-3-5-36/h8-17,33H,2-7H2,1H3,(H,34,35). The molecule has 7 heterocycles. The number of hydrogen-bond donors (Lipinski definition) is 2. The van der Waals surface area contributed by atoms with E-state index < -0.39 is 0 Å². The Labute approximate surface area is 218 Å². The third kappa shape index (κ3) is 4.18. The Kier molecular flexibility index (Phi) is 5.58. The smallest absolute Gasteiger partial charge is 0.138 e. The van der Waals surface area contributed by atoms with Gasteiger partial charge >= 0.3 is 0 Å². The van der Waals surface area contributed by atoms with E-state index in [9.17, 15) is 0 Å². The van der Waals surface area contributed by atoms with Crippen molar-refractivity contribution in [2.45, 2.75) is 19.8 Å². The number of nitrogens with one attached hydrogen (secondary N) is 2. The Bertz CT molecular complexity index is 1740. The molecule has 0 spiro atoms. The zero-order valence-electron chi connectivity index (χ0n) is 21.1. The summed E-state index contributed by atoms with van der Waals surface area (Å²) in [6, 6.07) is 6.15. The average Bonchev–Trinajstić information content (AvgIpc) is 3.74. The molecule has 10 heteroatoms. The van der Waals surface area contributed by atoms with Crippen LogP contribution in [0.25, 0.3) is 50.1 Å². The Morgan fingerprint density at radius 1 is 0.921 bits per heavy atom. The number of aromatic nitrogens is 8. The van der Waals surface area contributed by atoms with Crippen LogP contribution in [-0.2, 0) is 0 Å². The monoisotopic (exact) mass is 505 g/mol. The lowest BCUT2D eigenvalue weighted by atomic mass is 10.1. The van der Waals surface area contributed by atoms with Gasteiger partial charge in [-0.05, 0) is 51.1 Å². The second-order valence-corrected chi connectivity index (χ2v) is 9.72. The number of pyridine rings is 3. The number of aryl methyl sites for hydroxylation is 1. The highest BCUT2D eigenvalue weighted by atomic mass is 16.5. The quantitative estimate of drug-likeness (QED) is 0.328. The predicted octanol–water partition coefficient (Wildman–Crippen LogP) is 4.53. The minimum Gasteiger partial charge on any atom is -0.491 e. The summed E-state index contributed by atoms with van der Waals surface area (Å²) in [6.45, 7) is 5.89. The zero-order valence-corrected chi connectivity index (χ0v) is 21.1. The second-order valence-electron chi connectivity index (χ2n) is 9.72. The summed E-state index contributed by atoms with van der Waals surface area (Å²) in [5, 5.41) is 9.74. The predicted molar refractivity (Wildman–Crippen MR) is 145 cm³/mol. The number of aromatic amines is 2. The molecule has 1 aliphatic heterocycles. The van der Waals surface area contributed by atoms with E-state index in [4.69, 9.17) is 4.74 Å². The molecule has 7 rings (SSSR count). The van der Waals surface area contributed by atoms with Gasteiger partial charge in [-0.1, -0.05) is 0 Å². The molecule has 0 bridgehead atoms. The molecule has 0 aliphatic carbocycles. The Hall–Kier alpha value is -4.57. The SMILES string of the molecule is Cc1cn(-c2cncc3[nH]c(-c4n[nH]c5cnc(-c6cncc(OCCN7CCCC7)c6)cc45)cc23)cn1. The largest absolute Gasteiger partial charge is 0.491 e. The van der Waals surface area contributed by atoms with E-state index >= 15 is 0 Å². The van der Waals surface area contributed by atoms with E-state index in [-0.39, 0.29) is 0 Å². The molecular weight excluding hydrogens is 478 g/mol. The summed E-state index contributed by atoms with van der Waals surface area (Å²) in [5.74, 6) is 0.751. The van der Waals surface area contributed by atoms with Crippen LogP contribution in [0.1, 0.15) is 18.5 Å². The number of nitrogens with zero attached hydrogens (tertiary/aromatic N) is 7. The first-order chi connectivity index (χ1) is 18.7. The van der Waals surface area contributed by atoms with E-state index in [1.165, 1.54) is 12.8 Å². The van der Waals surface area contributed by atoms with E-state index in [0.29, 0.717) is 6.61 Å². The summed E-state index contributed by atoms with van der Waals surface area (Å²) in [5.41, 5.74) is 7.12. The highest BCUT2D eigenvalue weighted by Crippen LogP contribution is 2.32. The van der Waals surface area contributed by atoms with E-state index in [0.717, 1.165) is 81.2 Å². The summed E-state index contributed by atoms with van der Waals surface area (Å²) >= 11 is 0. The highest BCUT2D eigenvalue weighted by molar-refractivity contribution is 5.98. The van der Waals surface area contributed by atoms with Crippen LogP contribution in [0.5, 0.6) is 5.75 Å². The fourth-order valence-corrected chi connectivity index (χ4v) is 5.14. The Morgan fingerprint density at radius 3 is 2.68 bits per heavy atom. The third-order valence-corrected chi connectivity index (χ3v) is 7.10. The van der Waals surface area contributed by atoms with E-state index in [2.05, 4.69) is 46.1 Å². The van der Waals surface area contributed by atoms with Crippen LogP contribution in [-0.4, -0.2) is 70.8 Å². The molecule has 6 aromatic heterocycles. The second kappa shape index (κ2) is 9.38. The molecule has 0 saturated carbocycles. The topological polar surface area (TPSA) is 113 Å². The molecule has 6 aromatic rings. The van der Waals surface area contributed by atoms with Crippen molar-refractivity contribution in [3.8, 4) is 34.1 Å². The van der Waals surface area contributed by atoms with Gasteiger partial charge in [0, 0.05) is 35.3 Å². The van der Waals surface area contributed by atoms with Crippen LogP contribution in [0, 0.1) is 6.92 Å². The fraction of sp³-hybridized carbons (Fsp3) is 0.250. The van der Waals surface area contributed by atoms with Crippen LogP contribution in [0.15, 0.2) is 61.7 Å². The van der Waals surface area contributed by atoms with Crippen molar-refractivity contribution in [1.29, 1.82) is 0 Å². The molecule has 0 amide bonds. The van der Waals surface area contributed by atoms with Gasteiger partial charge in [-0.15, -0.1) is 0 Å². The molecule has 2 N–H and O–H groups in total. The summed E-state index contributed by atoms with van der Waals surface area (Å²) in [7, 11) is 0. The van der Waals surface area contributed by atoms with Crippen LogP contribution >= 0.6 is 0 Å². The minimum absolute atomic E-state index is 0.652. The van der Waals surface area contributed by atoms with Crippen molar-refractivity contribution >= 4 is 21.8 Å². The number of H-pyrrole nitrogens is 2.